The second-order valence-electron chi connectivity index (χ2n) is 7.64. The fourth-order valence-corrected chi connectivity index (χ4v) is 4.23. The average molecular weight is 464 g/mol. The molecule has 0 atom stereocenters. The normalized spacial score (nSPS) is 11.8. The molecule has 0 saturated carbocycles. The first-order valence-corrected chi connectivity index (χ1v) is 11.8. The van der Waals surface area contributed by atoms with Crippen LogP contribution in [0.1, 0.15) is 45.1 Å². The number of aromatic nitrogens is 3. The van der Waals surface area contributed by atoms with Gasteiger partial charge in [0.15, 0.2) is 5.82 Å². The van der Waals surface area contributed by atoms with E-state index in [9.17, 15) is 9.59 Å². The summed E-state index contributed by atoms with van der Waals surface area (Å²) >= 11 is 1.28. The number of carbonyl (C=O) groups excluding carboxylic acids is 1. The van der Waals surface area contributed by atoms with Gasteiger partial charge in [0.1, 0.15) is 11.5 Å². The molecule has 0 aliphatic carbocycles. The molecule has 8 heteroatoms. The maximum atomic E-state index is 12.8. The zero-order valence-electron chi connectivity index (χ0n) is 18.6. The molecule has 0 radical (unpaired) electrons. The van der Waals surface area contributed by atoms with Crippen LogP contribution in [-0.2, 0) is 4.79 Å². The largest absolute Gasteiger partial charge is 0.494 e. The first-order chi connectivity index (χ1) is 16.0. The summed E-state index contributed by atoms with van der Waals surface area (Å²) < 4.78 is 12.7. The van der Waals surface area contributed by atoms with Gasteiger partial charge >= 0.3 is 5.97 Å². The van der Waals surface area contributed by atoms with Gasteiger partial charge in [-0.2, -0.15) is 9.50 Å². The number of fused-ring (bicyclic) bond motifs is 1. The van der Waals surface area contributed by atoms with Gasteiger partial charge in [0.05, 0.1) is 11.1 Å². The molecule has 170 valence electrons. The Bertz CT molecular complexity index is 1340. The molecule has 0 aliphatic rings. The predicted octanol–water partition coefficient (Wildman–Crippen LogP) is 4.25. The molecule has 0 bridgehead atoms. The molecule has 0 spiro atoms. The molecular formula is C25H25N3O4S. The number of ether oxygens (including phenoxy) is 2. The Morgan fingerprint density at radius 3 is 2.42 bits per heavy atom. The molecular weight excluding hydrogens is 438 g/mol. The van der Waals surface area contributed by atoms with Crippen molar-refractivity contribution in [1.29, 1.82) is 0 Å². The number of carbonyl (C=O) groups is 1. The van der Waals surface area contributed by atoms with Gasteiger partial charge in [-0.3, -0.25) is 9.59 Å². The molecule has 0 saturated heterocycles. The summed E-state index contributed by atoms with van der Waals surface area (Å²) in [5, 5.41) is 4.40. The van der Waals surface area contributed by atoms with Crippen molar-refractivity contribution in [2.45, 2.75) is 39.5 Å². The van der Waals surface area contributed by atoms with E-state index in [4.69, 9.17) is 9.47 Å². The Hall–Kier alpha value is -3.52. The molecule has 0 aliphatic heterocycles. The van der Waals surface area contributed by atoms with Crippen LogP contribution in [0.3, 0.4) is 0 Å². The number of unbranched alkanes of at least 4 members (excludes halogenated alkanes) is 3. The van der Waals surface area contributed by atoms with Crippen molar-refractivity contribution in [3.05, 3.63) is 69.0 Å². The van der Waals surface area contributed by atoms with Gasteiger partial charge in [-0.25, -0.2) is 0 Å². The Balaban J connectivity index is 1.48. The van der Waals surface area contributed by atoms with E-state index >= 15 is 0 Å². The van der Waals surface area contributed by atoms with Gasteiger partial charge in [0.25, 0.3) is 5.56 Å². The van der Waals surface area contributed by atoms with Crippen LogP contribution in [-0.4, -0.2) is 27.2 Å². The van der Waals surface area contributed by atoms with Gasteiger partial charge in [-0.1, -0.05) is 49.7 Å². The van der Waals surface area contributed by atoms with E-state index in [1.165, 1.54) is 42.0 Å². The van der Waals surface area contributed by atoms with Gasteiger partial charge in [-0.05, 0) is 54.5 Å². The maximum absolute atomic E-state index is 12.8. The second kappa shape index (κ2) is 10.4. The lowest BCUT2D eigenvalue weighted by Gasteiger charge is -2.06. The van der Waals surface area contributed by atoms with E-state index in [1.54, 1.807) is 30.3 Å². The standard InChI is InChI=1S/C25H25N3O4S/c1-3-4-5-6-15-31-20-13-9-19(10-14-20)23-26-25-28(27-23)24(30)22(33-25)16-18-7-11-21(12-8-18)32-17(2)29/h7-14,16H,3-6,15H2,1-2H3/b22-16-. The quantitative estimate of drug-likeness (QED) is 0.210. The molecule has 0 fully saturated rings. The third-order valence-electron chi connectivity index (χ3n) is 5.00. The predicted molar refractivity (Wildman–Crippen MR) is 129 cm³/mol. The average Bonchev–Trinajstić information content (AvgIpc) is 3.34. The van der Waals surface area contributed by atoms with Crippen LogP contribution in [0.2, 0.25) is 0 Å². The van der Waals surface area contributed by atoms with Crippen LogP contribution < -0.4 is 19.6 Å². The lowest BCUT2D eigenvalue weighted by molar-refractivity contribution is -0.131. The lowest BCUT2D eigenvalue weighted by Crippen LogP contribution is -2.23. The Morgan fingerprint density at radius 1 is 1.03 bits per heavy atom. The number of rotatable bonds is 9. The van der Waals surface area contributed by atoms with E-state index in [0.717, 1.165) is 23.3 Å². The molecule has 33 heavy (non-hydrogen) atoms. The highest BCUT2D eigenvalue weighted by Crippen LogP contribution is 2.21. The summed E-state index contributed by atoms with van der Waals surface area (Å²) in [5.74, 6) is 1.41. The van der Waals surface area contributed by atoms with Gasteiger partial charge in [0, 0.05) is 12.5 Å². The molecule has 2 aromatic heterocycles. The molecule has 0 N–H and O–H groups in total. The lowest BCUT2D eigenvalue weighted by atomic mass is 10.2. The molecule has 4 aromatic rings. The van der Waals surface area contributed by atoms with E-state index in [-0.39, 0.29) is 11.5 Å². The number of benzene rings is 2. The number of thiazole rings is 1. The van der Waals surface area contributed by atoms with Gasteiger partial charge in [-0.15, -0.1) is 5.10 Å². The van der Waals surface area contributed by atoms with Crippen LogP contribution in [0.25, 0.3) is 22.4 Å². The van der Waals surface area contributed by atoms with Crippen molar-refractivity contribution in [3.8, 4) is 22.9 Å². The minimum atomic E-state index is -0.375. The number of hydrogen-bond acceptors (Lipinski definition) is 7. The minimum absolute atomic E-state index is 0.218. The van der Waals surface area contributed by atoms with Crippen LogP contribution >= 0.6 is 11.3 Å². The summed E-state index contributed by atoms with van der Waals surface area (Å²) in [4.78, 5) is 28.9. The van der Waals surface area contributed by atoms with Crippen molar-refractivity contribution in [3.63, 3.8) is 0 Å². The summed E-state index contributed by atoms with van der Waals surface area (Å²) in [6.07, 6.45) is 6.44. The Labute approximate surface area is 195 Å². The molecule has 7 nitrogen and oxygen atoms in total. The van der Waals surface area contributed by atoms with Crippen molar-refractivity contribution in [1.82, 2.24) is 14.6 Å². The fourth-order valence-electron chi connectivity index (χ4n) is 3.32. The molecule has 4 rings (SSSR count). The summed E-state index contributed by atoms with van der Waals surface area (Å²) in [5.41, 5.74) is 1.43. The van der Waals surface area contributed by atoms with E-state index < -0.39 is 0 Å². The molecule has 0 amide bonds. The van der Waals surface area contributed by atoms with Crippen LogP contribution in [0, 0.1) is 0 Å². The third kappa shape index (κ3) is 5.64. The third-order valence-corrected chi connectivity index (χ3v) is 5.96. The highest BCUT2D eigenvalue weighted by Gasteiger charge is 2.12. The number of nitrogens with zero attached hydrogens (tertiary/aromatic N) is 3. The Kier molecular flexibility index (Phi) is 7.14. The van der Waals surface area contributed by atoms with E-state index in [0.29, 0.717) is 27.7 Å². The highest BCUT2D eigenvalue weighted by molar-refractivity contribution is 7.15. The van der Waals surface area contributed by atoms with Crippen molar-refractivity contribution in [2.75, 3.05) is 6.61 Å². The van der Waals surface area contributed by atoms with E-state index in [1.807, 2.05) is 24.3 Å². The SMILES string of the molecule is CCCCCCOc1ccc(-c2nc3s/c(=C\c4ccc(OC(C)=O)cc4)c(=O)n3n2)cc1. The Morgan fingerprint density at radius 2 is 1.76 bits per heavy atom. The summed E-state index contributed by atoms with van der Waals surface area (Å²) in [7, 11) is 0. The number of hydrogen-bond donors (Lipinski definition) is 0. The van der Waals surface area contributed by atoms with Gasteiger partial charge < -0.3 is 9.47 Å². The zero-order chi connectivity index (χ0) is 23.2. The maximum Gasteiger partial charge on any atom is 0.308 e. The van der Waals surface area contributed by atoms with Crippen LogP contribution in [0.4, 0.5) is 0 Å². The summed E-state index contributed by atoms with van der Waals surface area (Å²) in [6.45, 7) is 4.25. The second-order valence-corrected chi connectivity index (χ2v) is 8.65. The monoisotopic (exact) mass is 463 g/mol. The van der Waals surface area contributed by atoms with Crippen molar-refractivity contribution >= 4 is 28.3 Å². The van der Waals surface area contributed by atoms with Crippen LogP contribution in [0.5, 0.6) is 11.5 Å². The fraction of sp³-hybridized carbons (Fsp3) is 0.280. The van der Waals surface area contributed by atoms with Crippen molar-refractivity contribution < 1.29 is 14.3 Å². The minimum Gasteiger partial charge on any atom is -0.494 e. The van der Waals surface area contributed by atoms with Gasteiger partial charge in [0.2, 0.25) is 4.96 Å². The first kappa shape index (κ1) is 22.7. The van der Waals surface area contributed by atoms with Crippen LogP contribution in [0.15, 0.2) is 53.3 Å². The first-order valence-electron chi connectivity index (χ1n) is 11.0. The number of esters is 1. The molecule has 2 heterocycles. The smallest absolute Gasteiger partial charge is 0.308 e. The highest BCUT2D eigenvalue weighted by atomic mass is 32.1. The van der Waals surface area contributed by atoms with Crippen molar-refractivity contribution in [2.24, 2.45) is 0 Å². The summed E-state index contributed by atoms with van der Waals surface area (Å²) in [6, 6.07) is 14.6. The topological polar surface area (TPSA) is 82.8 Å². The molecule has 2 aromatic carbocycles. The van der Waals surface area contributed by atoms with E-state index in [2.05, 4.69) is 17.0 Å². The zero-order valence-corrected chi connectivity index (χ0v) is 19.4. The molecule has 0 unspecified atom stereocenters.